The van der Waals surface area contributed by atoms with Crippen molar-refractivity contribution in [1.82, 2.24) is 9.55 Å². The van der Waals surface area contributed by atoms with Crippen molar-refractivity contribution in [2.24, 2.45) is 0 Å². The van der Waals surface area contributed by atoms with Gasteiger partial charge in [-0.1, -0.05) is 11.6 Å². The molecule has 1 N–H and O–H groups in total. The molecule has 0 unspecified atom stereocenters. The van der Waals surface area contributed by atoms with E-state index < -0.39 is 5.97 Å². The number of hydrogen-bond donors (Lipinski definition) is 1. The van der Waals surface area contributed by atoms with Crippen LogP contribution in [0.4, 0.5) is 0 Å². The van der Waals surface area contributed by atoms with Gasteiger partial charge in [0, 0.05) is 12.4 Å². The third-order valence-electron chi connectivity index (χ3n) is 2.38. The van der Waals surface area contributed by atoms with Gasteiger partial charge in [-0.25, -0.2) is 9.78 Å². The maximum Gasteiger partial charge on any atom is 0.337 e. The molecule has 0 radical (unpaired) electrons. The summed E-state index contributed by atoms with van der Waals surface area (Å²) in [6.07, 6.45) is 3.03. The highest BCUT2D eigenvalue weighted by Gasteiger charge is 2.14. The molecule has 0 aliphatic rings. The smallest absolute Gasteiger partial charge is 0.337 e. The van der Waals surface area contributed by atoms with Gasteiger partial charge in [-0.05, 0) is 19.1 Å². The summed E-state index contributed by atoms with van der Waals surface area (Å²) in [6, 6.07) is 6.94. The van der Waals surface area contributed by atoms with E-state index in [1.807, 2.05) is 13.0 Å². The van der Waals surface area contributed by atoms with Crippen LogP contribution in [0.25, 0.3) is 5.69 Å². The summed E-state index contributed by atoms with van der Waals surface area (Å²) in [5.74, 6) is -0.863. The Hall–Kier alpha value is -2.61. The van der Waals surface area contributed by atoms with Crippen LogP contribution in [-0.2, 0) is 0 Å². The average molecular weight is 227 g/mol. The van der Waals surface area contributed by atoms with Crippen molar-refractivity contribution >= 4 is 5.97 Å². The number of aromatic nitrogens is 2. The molecule has 5 nitrogen and oxygen atoms in total. The first-order chi connectivity index (χ1) is 8.13. The predicted octanol–water partition coefficient (Wildman–Crippen LogP) is 1.75. The molecule has 84 valence electrons. The minimum atomic E-state index is -1.03. The van der Waals surface area contributed by atoms with E-state index in [1.54, 1.807) is 24.4 Å². The first kappa shape index (κ1) is 10.9. The third kappa shape index (κ3) is 1.88. The average Bonchev–Trinajstić information content (AvgIpc) is 2.76. The molecule has 0 aliphatic carbocycles. The standard InChI is InChI=1S/C12H9N3O2/c1-8-2-3-10(9(6-8)12(16)17)15-5-4-14-11(15)7-13/h2-6H,1H3,(H,16,17). The Morgan fingerprint density at radius 2 is 2.29 bits per heavy atom. The lowest BCUT2D eigenvalue weighted by molar-refractivity contribution is 0.0697. The molecule has 1 heterocycles. The van der Waals surface area contributed by atoms with Gasteiger partial charge in [-0.2, -0.15) is 5.26 Å². The number of imidazole rings is 1. The van der Waals surface area contributed by atoms with Crippen molar-refractivity contribution in [2.45, 2.75) is 6.92 Å². The zero-order valence-electron chi connectivity index (χ0n) is 9.08. The lowest BCUT2D eigenvalue weighted by Crippen LogP contribution is -2.06. The van der Waals surface area contributed by atoms with Crippen molar-refractivity contribution < 1.29 is 9.90 Å². The number of carboxylic acid groups (broad SMARTS) is 1. The maximum absolute atomic E-state index is 11.2. The highest BCUT2D eigenvalue weighted by atomic mass is 16.4. The lowest BCUT2D eigenvalue weighted by atomic mass is 10.1. The van der Waals surface area contributed by atoms with E-state index in [0.29, 0.717) is 5.69 Å². The van der Waals surface area contributed by atoms with E-state index in [4.69, 9.17) is 10.4 Å². The highest BCUT2D eigenvalue weighted by Crippen LogP contribution is 2.18. The second-order valence-corrected chi connectivity index (χ2v) is 3.56. The summed E-state index contributed by atoms with van der Waals surface area (Å²) >= 11 is 0. The molecule has 17 heavy (non-hydrogen) atoms. The highest BCUT2D eigenvalue weighted by molar-refractivity contribution is 5.92. The topological polar surface area (TPSA) is 78.9 Å². The third-order valence-corrected chi connectivity index (χ3v) is 2.38. The number of nitrogens with zero attached hydrogens (tertiary/aromatic N) is 3. The second kappa shape index (κ2) is 4.10. The zero-order valence-corrected chi connectivity index (χ0v) is 9.08. The van der Waals surface area contributed by atoms with Gasteiger partial charge in [0.15, 0.2) is 0 Å². The van der Waals surface area contributed by atoms with Gasteiger partial charge >= 0.3 is 5.97 Å². The van der Waals surface area contributed by atoms with Crippen LogP contribution < -0.4 is 0 Å². The Bertz CT molecular complexity index is 623. The maximum atomic E-state index is 11.2. The van der Waals surface area contributed by atoms with Crippen LogP contribution in [0.1, 0.15) is 21.7 Å². The first-order valence-corrected chi connectivity index (χ1v) is 4.91. The fourth-order valence-corrected chi connectivity index (χ4v) is 1.61. The van der Waals surface area contributed by atoms with E-state index in [-0.39, 0.29) is 11.4 Å². The fourth-order valence-electron chi connectivity index (χ4n) is 1.61. The van der Waals surface area contributed by atoms with Crippen LogP contribution in [0.2, 0.25) is 0 Å². The first-order valence-electron chi connectivity index (χ1n) is 4.91. The van der Waals surface area contributed by atoms with Crippen LogP contribution in [0, 0.1) is 18.3 Å². The van der Waals surface area contributed by atoms with Gasteiger partial charge in [-0.15, -0.1) is 0 Å². The number of nitriles is 1. The fraction of sp³-hybridized carbons (Fsp3) is 0.0833. The summed E-state index contributed by atoms with van der Waals surface area (Å²) in [6.45, 7) is 1.81. The Kier molecular flexibility index (Phi) is 2.63. The molecular weight excluding hydrogens is 218 g/mol. The summed E-state index contributed by atoms with van der Waals surface area (Å²) < 4.78 is 1.46. The van der Waals surface area contributed by atoms with Gasteiger partial charge in [0.2, 0.25) is 5.82 Å². The molecule has 0 fully saturated rings. The van der Waals surface area contributed by atoms with Gasteiger partial charge in [0.1, 0.15) is 6.07 Å². The van der Waals surface area contributed by atoms with E-state index >= 15 is 0 Å². The SMILES string of the molecule is Cc1ccc(-n2ccnc2C#N)c(C(=O)O)c1. The molecule has 0 saturated carbocycles. The Morgan fingerprint density at radius 3 is 2.94 bits per heavy atom. The number of aryl methyl sites for hydroxylation is 1. The van der Waals surface area contributed by atoms with Crippen LogP contribution in [0.15, 0.2) is 30.6 Å². The van der Waals surface area contributed by atoms with E-state index in [0.717, 1.165) is 5.56 Å². The molecule has 0 saturated heterocycles. The summed E-state index contributed by atoms with van der Waals surface area (Å²) in [7, 11) is 0. The quantitative estimate of drug-likeness (QED) is 0.847. The summed E-state index contributed by atoms with van der Waals surface area (Å²) in [5.41, 5.74) is 1.45. The number of benzene rings is 1. The van der Waals surface area contributed by atoms with Gasteiger partial charge < -0.3 is 5.11 Å². The zero-order chi connectivity index (χ0) is 12.4. The predicted molar refractivity (Wildman–Crippen MR) is 60.0 cm³/mol. The van der Waals surface area contributed by atoms with E-state index in [9.17, 15) is 4.79 Å². The Labute approximate surface area is 97.6 Å². The minimum Gasteiger partial charge on any atom is -0.478 e. The normalized spacial score (nSPS) is 9.88. The largest absolute Gasteiger partial charge is 0.478 e. The molecule has 0 amide bonds. The molecule has 2 aromatic rings. The van der Waals surface area contributed by atoms with Gasteiger partial charge in [-0.3, -0.25) is 4.57 Å². The molecule has 1 aromatic heterocycles. The Balaban J connectivity index is 2.68. The van der Waals surface area contributed by atoms with Crippen molar-refractivity contribution in [2.75, 3.05) is 0 Å². The number of hydrogen-bond acceptors (Lipinski definition) is 3. The van der Waals surface area contributed by atoms with Crippen LogP contribution in [0.3, 0.4) is 0 Å². The number of aromatic carboxylic acids is 1. The monoisotopic (exact) mass is 227 g/mol. The number of carbonyl (C=O) groups is 1. The van der Waals surface area contributed by atoms with Gasteiger partial charge in [0.25, 0.3) is 0 Å². The van der Waals surface area contributed by atoms with Gasteiger partial charge in [0.05, 0.1) is 11.3 Å². The molecule has 2 rings (SSSR count). The Morgan fingerprint density at radius 1 is 1.53 bits per heavy atom. The molecule has 0 bridgehead atoms. The van der Waals surface area contributed by atoms with E-state index in [2.05, 4.69) is 4.98 Å². The van der Waals surface area contributed by atoms with Crippen LogP contribution in [0.5, 0.6) is 0 Å². The number of rotatable bonds is 2. The van der Waals surface area contributed by atoms with Crippen molar-refractivity contribution in [1.29, 1.82) is 5.26 Å². The van der Waals surface area contributed by atoms with Crippen molar-refractivity contribution in [3.05, 3.63) is 47.5 Å². The molecule has 0 atom stereocenters. The lowest BCUT2D eigenvalue weighted by Gasteiger charge is -2.08. The molecular formula is C12H9N3O2. The molecule has 0 aliphatic heterocycles. The second-order valence-electron chi connectivity index (χ2n) is 3.56. The van der Waals surface area contributed by atoms with Crippen LogP contribution >= 0.6 is 0 Å². The summed E-state index contributed by atoms with van der Waals surface area (Å²) in [5, 5.41) is 18.0. The molecule has 0 spiro atoms. The van der Waals surface area contributed by atoms with Crippen LogP contribution in [-0.4, -0.2) is 20.6 Å². The van der Waals surface area contributed by atoms with Crippen molar-refractivity contribution in [3.63, 3.8) is 0 Å². The van der Waals surface area contributed by atoms with E-state index in [1.165, 1.54) is 10.8 Å². The minimum absolute atomic E-state index is 0.152. The molecule has 5 heteroatoms. The summed E-state index contributed by atoms with van der Waals surface area (Å²) in [4.78, 5) is 15.0. The molecule has 1 aromatic carbocycles. The number of carboxylic acids is 1. The van der Waals surface area contributed by atoms with Crippen molar-refractivity contribution in [3.8, 4) is 11.8 Å².